The summed E-state index contributed by atoms with van der Waals surface area (Å²) in [5, 5.41) is 0. The largest absolute Gasteiger partial charge is 0.289 e. The Balaban J connectivity index is 3.03. The van der Waals surface area contributed by atoms with Crippen LogP contribution >= 0.6 is 0 Å². The summed E-state index contributed by atoms with van der Waals surface area (Å²) in [4.78, 5) is 2.25. The van der Waals surface area contributed by atoms with Crippen LogP contribution in [0.25, 0.3) is 0 Å². The van der Waals surface area contributed by atoms with Gasteiger partial charge < -0.3 is 0 Å². The highest BCUT2D eigenvalue weighted by Gasteiger charge is 2.14. The van der Waals surface area contributed by atoms with Crippen molar-refractivity contribution in [3.63, 3.8) is 0 Å². The molecule has 1 unspecified atom stereocenters. The van der Waals surface area contributed by atoms with Gasteiger partial charge in [-0.1, -0.05) is 19.1 Å². The van der Waals surface area contributed by atoms with Crippen molar-refractivity contribution in [3.05, 3.63) is 29.8 Å². The molecule has 0 aromatic heterocycles. The van der Waals surface area contributed by atoms with E-state index in [9.17, 15) is 8.42 Å². The van der Waals surface area contributed by atoms with Gasteiger partial charge in [0.05, 0.1) is 16.8 Å². The molecular formula is C11H19N3O2S. The van der Waals surface area contributed by atoms with E-state index in [1.807, 2.05) is 19.0 Å². The van der Waals surface area contributed by atoms with Crippen molar-refractivity contribution in [1.29, 1.82) is 0 Å². The van der Waals surface area contributed by atoms with Crippen LogP contribution in [0.2, 0.25) is 0 Å². The lowest BCUT2D eigenvalue weighted by Gasteiger charge is -2.23. The van der Waals surface area contributed by atoms with Crippen LogP contribution < -0.4 is 11.3 Å². The quantitative estimate of drug-likeness (QED) is 0.456. The molecule has 1 aromatic rings. The Labute approximate surface area is 103 Å². The topological polar surface area (TPSA) is 75.4 Å². The molecule has 3 N–H and O–H groups in total. The molecule has 1 atom stereocenters. The molecule has 0 bridgehead atoms. The first kappa shape index (κ1) is 14.1. The first-order valence-electron chi connectivity index (χ1n) is 5.37. The third kappa shape index (κ3) is 3.26. The average Bonchev–Trinajstić information content (AvgIpc) is 2.30. The van der Waals surface area contributed by atoms with Crippen molar-refractivity contribution in [2.75, 3.05) is 19.8 Å². The lowest BCUT2D eigenvalue weighted by molar-refractivity contribution is 0.253. The average molecular weight is 257 g/mol. The number of nitrogens with zero attached hydrogens (tertiary/aromatic N) is 1. The number of rotatable bonds is 5. The van der Waals surface area contributed by atoms with E-state index in [0.717, 1.165) is 5.56 Å². The molecule has 0 spiro atoms. The summed E-state index contributed by atoms with van der Waals surface area (Å²) >= 11 is 0. The number of benzene rings is 1. The minimum Gasteiger partial charge on any atom is -0.289 e. The summed E-state index contributed by atoms with van der Waals surface area (Å²) in [5.41, 5.74) is 3.59. The predicted octanol–water partition coefficient (Wildman–Crippen LogP) is 0.504. The lowest BCUT2D eigenvalue weighted by Crippen LogP contribution is -2.37. The van der Waals surface area contributed by atoms with Gasteiger partial charge in [0.1, 0.15) is 0 Å². The highest BCUT2D eigenvalue weighted by Crippen LogP contribution is 2.18. The summed E-state index contributed by atoms with van der Waals surface area (Å²) < 4.78 is 23.3. The number of hydrogen-bond donors (Lipinski definition) is 2. The summed E-state index contributed by atoms with van der Waals surface area (Å²) in [7, 11) is 0.647. The maximum Gasteiger partial charge on any atom is 0.178 e. The summed E-state index contributed by atoms with van der Waals surface area (Å²) in [5.74, 6) is 5.56. The van der Waals surface area contributed by atoms with Crippen molar-refractivity contribution >= 4 is 9.84 Å². The van der Waals surface area contributed by atoms with E-state index in [1.54, 1.807) is 31.2 Å². The SMILES string of the molecule is CCS(=O)(=O)c1ccc(C(NN)N(C)C)cc1. The van der Waals surface area contributed by atoms with Gasteiger partial charge in [-0.25, -0.2) is 13.8 Å². The molecule has 0 fully saturated rings. The van der Waals surface area contributed by atoms with Crippen LogP contribution in [0.4, 0.5) is 0 Å². The fourth-order valence-electron chi connectivity index (χ4n) is 1.57. The maximum absolute atomic E-state index is 11.6. The van der Waals surface area contributed by atoms with Gasteiger partial charge in [0.25, 0.3) is 0 Å². The van der Waals surface area contributed by atoms with Crippen LogP contribution in [-0.4, -0.2) is 33.2 Å². The van der Waals surface area contributed by atoms with E-state index in [0.29, 0.717) is 4.90 Å². The zero-order valence-corrected chi connectivity index (χ0v) is 11.2. The van der Waals surface area contributed by atoms with E-state index in [-0.39, 0.29) is 11.9 Å². The third-order valence-corrected chi connectivity index (χ3v) is 4.36. The second kappa shape index (κ2) is 5.59. The van der Waals surface area contributed by atoms with Crippen molar-refractivity contribution in [2.24, 2.45) is 5.84 Å². The van der Waals surface area contributed by atoms with Crippen molar-refractivity contribution in [3.8, 4) is 0 Å². The van der Waals surface area contributed by atoms with Crippen molar-refractivity contribution < 1.29 is 8.42 Å². The molecule has 17 heavy (non-hydrogen) atoms. The lowest BCUT2D eigenvalue weighted by atomic mass is 10.1. The van der Waals surface area contributed by atoms with Crippen LogP contribution in [0.1, 0.15) is 18.7 Å². The maximum atomic E-state index is 11.6. The highest BCUT2D eigenvalue weighted by molar-refractivity contribution is 7.91. The van der Waals surface area contributed by atoms with Crippen LogP contribution in [0, 0.1) is 0 Å². The zero-order valence-electron chi connectivity index (χ0n) is 10.3. The van der Waals surface area contributed by atoms with Crippen molar-refractivity contribution in [2.45, 2.75) is 18.0 Å². The van der Waals surface area contributed by atoms with Gasteiger partial charge in [-0.3, -0.25) is 10.7 Å². The molecule has 0 aliphatic carbocycles. The van der Waals surface area contributed by atoms with E-state index in [2.05, 4.69) is 5.43 Å². The molecule has 6 heteroatoms. The fourth-order valence-corrected chi connectivity index (χ4v) is 2.45. The Morgan fingerprint density at radius 3 is 2.18 bits per heavy atom. The van der Waals surface area contributed by atoms with Crippen LogP contribution in [0.3, 0.4) is 0 Å². The molecular weight excluding hydrogens is 238 g/mol. The number of hydrazine groups is 1. The Bertz CT molecular complexity index is 454. The van der Waals surface area contributed by atoms with Gasteiger partial charge in [-0.2, -0.15) is 0 Å². The van der Waals surface area contributed by atoms with Crippen LogP contribution in [0.5, 0.6) is 0 Å². The number of sulfone groups is 1. The zero-order chi connectivity index (χ0) is 13.1. The third-order valence-electron chi connectivity index (χ3n) is 2.61. The van der Waals surface area contributed by atoms with Gasteiger partial charge in [-0.05, 0) is 31.8 Å². The van der Waals surface area contributed by atoms with E-state index < -0.39 is 9.84 Å². The summed E-state index contributed by atoms with van der Waals surface area (Å²) in [6.45, 7) is 1.63. The van der Waals surface area contributed by atoms with Gasteiger partial charge in [0, 0.05) is 0 Å². The number of nitrogens with one attached hydrogen (secondary N) is 1. The van der Waals surface area contributed by atoms with E-state index >= 15 is 0 Å². The molecule has 0 amide bonds. The number of nitrogens with two attached hydrogens (primary N) is 1. The first-order valence-corrected chi connectivity index (χ1v) is 7.03. The van der Waals surface area contributed by atoms with Crippen LogP contribution in [0.15, 0.2) is 29.2 Å². The second-order valence-corrected chi connectivity index (χ2v) is 6.28. The van der Waals surface area contributed by atoms with Crippen molar-refractivity contribution in [1.82, 2.24) is 10.3 Å². The molecule has 0 aliphatic heterocycles. The van der Waals surface area contributed by atoms with Crippen LogP contribution in [-0.2, 0) is 9.84 Å². The molecule has 5 nitrogen and oxygen atoms in total. The Morgan fingerprint density at radius 1 is 1.29 bits per heavy atom. The smallest absolute Gasteiger partial charge is 0.178 e. The molecule has 0 saturated heterocycles. The normalized spacial score (nSPS) is 13.9. The Kier molecular flexibility index (Phi) is 4.64. The molecule has 1 rings (SSSR count). The predicted molar refractivity (Wildman–Crippen MR) is 67.9 cm³/mol. The molecule has 1 aromatic carbocycles. The standard InChI is InChI=1S/C11H19N3O2S/c1-4-17(15,16)10-7-5-9(6-8-10)11(13-12)14(2)3/h5-8,11,13H,4,12H2,1-3H3. The van der Waals surface area contributed by atoms with Gasteiger partial charge in [0.2, 0.25) is 0 Å². The minimum atomic E-state index is -3.13. The summed E-state index contributed by atoms with van der Waals surface area (Å²) in [6.07, 6.45) is -0.131. The Morgan fingerprint density at radius 2 is 1.82 bits per heavy atom. The molecule has 96 valence electrons. The van der Waals surface area contributed by atoms with Gasteiger partial charge in [0.15, 0.2) is 9.84 Å². The second-order valence-electron chi connectivity index (χ2n) is 4.01. The molecule has 0 aliphatic rings. The minimum absolute atomic E-state index is 0.110. The van der Waals surface area contributed by atoms with E-state index in [1.165, 1.54) is 0 Å². The summed E-state index contributed by atoms with van der Waals surface area (Å²) in [6, 6.07) is 6.77. The Hall–Kier alpha value is -0.950. The molecule has 0 radical (unpaired) electrons. The van der Waals surface area contributed by atoms with Gasteiger partial charge >= 0.3 is 0 Å². The van der Waals surface area contributed by atoms with E-state index in [4.69, 9.17) is 5.84 Å². The van der Waals surface area contributed by atoms with Gasteiger partial charge in [-0.15, -0.1) is 0 Å². The fraction of sp³-hybridized carbons (Fsp3) is 0.455. The molecule has 0 heterocycles. The monoisotopic (exact) mass is 257 g/mol. The highest BCUT2D eigenvalue weighted by atomic mass is 32.2. The number of hydrogen-bond acceptors (Lipinski definition) is 5. The first-order chi connectivity index (χ1) is 7.92. The molecule has 0 saturated carbocycles.